The molecule has 2 atom stereocenters. The maximum absolute atomic E-state index is 12.3. The van der Waals surface area contributed by atoms with E-state index in [9.17, 15) is 14.4 Å². The fraction of sp³-hybridized carbons (Fsp3) is 0.370. The summed E-state index contributed by atoms with van der Waals surface area (Å²) in [7, 11) is 0. The van der Waals surface area contributed by atoms with Crippen LogP contribution in [0.25, 0.3) is 0 Å². The van der Waals surface area contributed by atoms with Crippen LogP contribution in [0.15, 0.2) is 48.5 Å². The molecule has 1 aliphatic heterocycles. The van der Waals surface area contributed by atoms with E-state index in [0.29, 0.717) is 22.9 Å². The number of hydrogen-bond donors (Lipinski definition) is 7. The number of nitrogens with one attached hydrogen (secondary N) is 5. The van der Waals surface area contributed by atoms with Crippen molar-refractivity contribution in [1.29, 1.82) is 0 Å². The zero-order chi connectivity index (χ0) is 25.8. The van der Waals surface area contributed by atoms with Crippen LogP contribution in [0.5, 0.6) is 0 Å². The summed E-state index contributed by atoms with van der Waals surface area (Å²) in [6, 6.07) is 13.2. The van der Waals surface area contributed by atoms with Crippen LogP contribution < -0.4 is 32.5 Å². The van der Waals surface area contributed by atoms with Gasteiger partial charge < -0.3 is 27.0 Å². The lowest BCUT2D eigenvalue weighted by atomic mass is 10.1. The predicted octanol–water partition coefficient (Wildman–Crippen LogP) is 0.955. The van der Waals surface area contributed by atoms with Gasteiger partial charge in [-0.2, -0.15) is 0 Å². The van der Waals surface area contributed by atoms with E-state index in [4.69, 9.17) is 10.9 Å². The molecule has 0 saturated carbocycles. The molecule has 3 amide bonds. The Morgan fingerprint density at radius 1 is 1.03 bits per heavy atom. The van der Waals surface area contributed by atoms with Crippen LogP contribution in [0.3, 0.4) is 0 Å². The molecule has 1 aliphatic rings. The van der Waals surface area contributed by atoms with E-state index in [0.717, 1.165) is 25.1 Å². The van der Waals surface area contributed by atoms with Crippen molar-refractivity contribution < 1.29 is 19.6 Å². The van der Waals surface area contributed by atoms with Crippen LogP contribution in [-0.2, 0) is 9.59 Å². The summed E-state index contributed by atoms with van der Waals surface area (Å²) < 4.78 is 0. The Labute approximate surface area is 217 Å². The van der Waals surface area contributed by atoms with Crippen molar-refractivity contribution in [3.8, 4) is 11.8 Å². The van der Waals surface area contributed by atoms with Gasteiger partial charge in [0.05, 0.1) is 6.54 Å². The first-order valence-electron chi connectivity index (χ1n) is 11.9. The van der Waals surface area contributed by atoms with E-state index in [-0.39, 0.29) is 26.4 Å². The van der Waals surface area contributed by atoms with E-state index in [1.54, 1.807) is 36.4 Å². The highest BCUT2D eigenvalue weighted by molar-refractivity contribution is 5.97. The Balaban J connectivity index is 0.00000481. The van der Waals surface area contributed by atoms with Crippen LogP contribution >= 0.6 is 0 Å². The average Bonchev–Trinajstić information content (AvgIpc) is 2.91. The number of amides is 3. The summed E-state index contributed by atoms with van der Waals surface area (Å²) in [5, 5.41) is 20.7. The molecule has 10 nitrogen and oxygen atoms in total. The molecule has 1 unspecified atom stereocenters. The molecular formula is C27H36N6O4. The number of benzene rings is 2. The third-order valence-corrected chi connectivity index (χ3v) is 5.72. The van der Waals surface area contributed by atoms with Gasteiger partial charge in [0, 0.05) is 41.5 Å². The molecule has 1 saturated heterocycles. The molecule has 2 aromatic carbocycles. The Hall–Kier alpha value is -3.75. The van der Waals surface area contributed by atoms with Crippen LogP contribution in [0, 0.1) is 11.8 Å². The number of carbonyl (C=O) groups is 3. The summed E-state index contributed by atoms with van der Waals surface area (Å²) in [5.41, 5.74) is 9.41. The summed E-state index contributed by atoms with van der Waals surface area (Å²) >= 11 is 0. The Morgan fingerprint density at radius 2 is 1.68 bits per heavy atom. The maximum atomic E-state index is 12.3. The lowest BCUT2D eigenvalue weighted by molar-refractivity contribution is -0.130. The Morgan fingerprint density at radius 3 is 2.24 bits per heavy atom. The molecule has 0 aromatic heterocycles. The van der Waals surface area contributed by atoms with Gasteiger partial charge in [0.25, 0.3) is 11.8 Å². The predicted molar refractivity (Wildman–Crippen MR) is 143 cm³/mol. The number of hydrogen-bond acceptors (Lipinski definition) is 7. The van der Waals surface area contributed by atoms with E-state index in [1.807, 2.05) is 12.1 Å². The minimum absolute atomic E-state index is 0. The van der Waals surface area contributed by atoms with Crippen molar-refractivity contribution in [2.75, 3.05) is 31.5 Å². The third kappa shape index (κ3) is 9.67. The summed E-state index contributed by atoms with van der Waals surface area (Å²) in [6.45, 7) is 1.93. The Bertz CT molecular complexity index is 1090. The highest BCUT2D eigenvalue weighted by atomic mass is 16.5. The molecule has 10 heteroatoms. The van der Waals surface area contributed by atoms with Crippen molar-refractivity contribution >= 4 is 23.4 Å². The van der Waals surface area contributed by atoms with Gasteiger partial charge in [-0.1, -0.05) is 25.7 Å². The molecule has 37 heavy (non-hydrogen) atoms. The van der Waals surface area contributed by atoms with Gasteiger partial charge in [-0.15, -0.1) is 0 Å². The first-order valence-corrected chi connectivity index (χ1v) is 11.9. The van der Waals surface area contributed by atoms with Crippen LogP contribution in [-0.4, -0.2) is 61.2 Å². The lowest BCUT2D eigenvalue weighted by Gasteiger charge is -2.23. The zero-order valence-corrected chi connectivity index (χ0v) is 20.0. The van der Waals surface area contributed by atoms with Crippen LogP contribution in [0.4, 0.5) is 5.69 Å². The van der Waals surface area contributed by atoms with Crippen molar-refractivity contribution in [3.05, 3.63) is 65.2 Å². The lowest BCUT2D eigenvalue weighted by Crippen LogP contribution is -2.50. The highest BCUT2D eigenvalue weighted by Gasteiger charge is 2.19. The molecule has 0 aliphatic carbocycles. The molecule has 2 aromatic rings. The van der Waals surface area contributed by atoms with Crippen molar-refractivity contribution in [2.24, 2.45) is 5.73 Å². The van der Waals surface area contributed by atoms with E-state index in [1.165, 1.54) is 18.3 Å². The molecular weight excluding hydrogens is 472 g/mol. The minimum atomic E-state index is -1.04. The summed E-state index contributed by atoms with van der Waals surface area (Å²) in [5.74, 6) is 4.69. The topological polar surface area (TPSA) is 158 Å². The van der Waals surface area contributed by atoms with Gasteiger partial charge >= 0.3 is 0 Å². The second-order valence-corrected chi connectivity index (χ2v) is 8.47. The number of piperidine rings is 1. The summed E-state index contributed by atoms with van der Waals surface area (Å²) in [6.07, 6.45) is 3.58. The highest BCUT2D eigenvalue weighted by Crippen LogP contribution is 2.10. The quantitative estimate of drug-likeness (QED) is 0.151. The largest absolute Gasteiger partial charge is 0.339 e. The standard InChI is InChI=1S/C26H32N6O4.CH4/c27-15-23(26(35)32-36)31-25(34)20-10-6-18(7-11-20)4-5-19-8-12-21(13-9-19)30-24(33)17-28-16-22-3-1-2-14-29-22;/h6-13,22-23,28-29,36H,1-3,14-17,27H2,(H,30,33)(H,31,34)(H,32,35);1H4/t22?,23-;/m0./s1. The molecule has 8 N–H and O–H groups in total. The molecule has 198 valence electrons. The first-order chi connectivity index (χ1) is 17.5. The number of nitrogens with two attached hydrogens (primary N) is 1. The number of anilines is 1. The monoisotopic (exact) mass is 508 g/mol. The molecule has 1 heterocycles. The van der Waals surface area contributed by atoms with Crippen LogP contribution in [0.1, 0.15) is 48.2 Å². The number of rotatable bonds is 9. The van der Waals surface area contributed by atoms with Gasteiger partial charge in [0.2, 0.25) is 5.91 Å². The average molecular weight is 509 g/mol. The van der Waals surface area contributed by atoms with Crippen molar-refractivity contribution in [1.82, 2.24) is 21.4 Å². The van der Waals surface area contributed by atoms with Crippen molar-refractivity contribution in [3.63, 3.8) is 0 Å². The summed E-state index contributed by atoms with van der Waals surface area (Å²) in [4.78, 5) is 35.9. The van der Waals surface area contributed by atoms with Gasteiger partial charge in [0.15, 0.2) is 0 Å². The second-order valence-electron chi connectivity index (χ2n) is 8.47. The molecule has 1 fully saturated rings. The fourth-order valence-corrected chi connectivity index (χ4v) is 3.70. The van der Waals surface area contributed by atoms with E-state index < -0.39 is 17.9 Å². The third-order valence-electron chi connectivity index (χ3n) is 5.72. The zero-order valence-electron chi connectivity index (χ0n) is 20.0. The second kappa shape index (κ2) is 15.4. The van der Waals surface area contributed by atoms with Gasteiger partial charge in [-0.3, -0.25) is 19.6 Å². The molecule has 3 rings (SSSR count). The van der Waals surface area contributed by atoms with Gasteiger partial charge in [-0.05, 0) is 67.9 Å². The normalized spacial score (nSPS) is 15.2. The SMILES string of the molecule is C.NC[C@H](NC(=O)c1ccc(C#Cc2ccc(NC(=O)CNCC3CCCCN3)cc2)cc1)C(=O)NO. The number of carbonyl (C=O) groups excluding carboxylic acids is 3. The smallest absolute Gasteiger partial charge is 0.267 e. The molecule has 0 radical (unpaired) electrons. The van der Waals surface area contributed by atoms with Gasteiger partial charge in [0.1, 0.15) is 6.04 Å². The Kier molecular flexibility index (Phi) is 12.3. The minimum Gasteiger partial charge on any atom is -0.339 e. The number of hydroxylamine groups is 1. The maximum Gasteiger partial charge on any atom is 0.267 e. The van der Waals surface area contributed by atoms with Crippen molar-refractivity contribution in [2.45, 2.75) is 38.8 Å². The molecule has 0 spiro atoms. The molecule has 0 bridgehead atoms. The van der Waals surface area contributed by atoms with E-state index in [2.05, 4.69) is 33.1 Å². The van der Waals surface area contributed by atoms with E-state index >= 15 is 0 Å². The fourth-order valence-electron chi connectivity index (χ4n) is 3.70. The van der Waals surface area contributed by atoms with Gasteiger partial charge in [-0.25, -0.2) is 5.48 Å². The van der Waals surface area contributed by atoms with Crippen LogP contribution in [0.2, 0.25) is 0 Å². The first kappa shape index (κ1) is 29.5.